The van der Waals surface area contributed by atoms with Gasteiger partial charge in [0, 0.05) is 23.5 Å². The number of sulfonamides is 1. The highest BCUT2D eigenvalue weighted by Gasteiger charge is 2.33. The minimum Gasteiger partial charge on any atom is -0.337 e. The lowest BCUT2D eigenvalue weighted by molar-refractivity contribution is 0.0786. The Balaban J connectivity index is 1.84. The molecule has 0 fully saturated rings. The third kappa shape index (κ3) is 3.18. The Kier molecular flexibility index (Phi) is 4.40. The van der Waals surface area contributed by atoms with Gasteiger partial charge in [-0.2, -0.15) is 0 Å². The van der Waals surface area contributed by atoms with E-state index in [1.54, 1.807) is 35.4 Å². The van der Waals surface area contributed by atoms with Crippen LogP contribution in [0.5, 0.6) is 0 Å². The van der Waals surface area contributed by atoms with Crippen molar-refractivity contribution in [2.75, 3.05) is 17.6 Å². The van der Waals surface area contributed by atoms with Gasteiger partial charge >= 0.3 is 0 Å². The van der Waals surface area contributed by atoms with Crippen molar-refractivity contribution in [2.45, 2.75) is 25.9 Å². The van der Waals surface area contributed by atoms with E-state index in [1.165, 1.54) is 10.6 Å². The van der Waals surface area contributed by atoms with Crippen LogP contribution in [-0.2, 0) is 23.0 Å². The fraction of sp³-hybridized carbons (Fsp3) is 0.353. The lowest BCUT2D eigenvalue weighted by Crippen LogP contribution is -2.34. The molecule has 2 heterocycles. The fourth-order valence-corrected chi connectivity index (χ4v) is 5.19. The predicted octanol–water partition coefficient (Wildman–Crippen LogP) is 2.73. The van der Waals surface area contributed by atoms with E-state index in [1.807, 2.05) is 30.5 Å². The van der Waals surface area contributed by atoms with Gasteiger partial charge in [-0.05, 0) is 48.6 Å². The normalized spacial score (nSPS) is 17.0. The molecule has 0 bridgehead atoms. The van der Waals surface area contributed by atoms with E-state index in [2.05, 4.69) is 0 Å². The van der Waals surface area contributed by atoms with Gasteiger partial charge in [0.15, 0.2) is 0 Å². The summed E-state index contributed by atoms with van der Waals surface area (Å²) in [4.78, 5) is 15.4. The van der Waals surface area contributed by atoms with Gasteiger partial charge in [0.25, 0.3) is 5.91 Å². The lowest BCUT2D eigenvalue weighted by atomic mass is 10.1. The molecule has 0 N–H and O–H groups in total. The van der Waals surface area contributed by atoms with Crippen LogP contribution in [0.3, 0.4) is 0 Å². The maximum Gasteiger partial charge on any atom is 0.253 e. The zero-order valence-corrected chi connectivity index (χ0v) is 15.5. The second kappa shape index (κ2) is 6.22. The van der Waals surface area contributed by atoms with E-state index >= 15 is 0 Å². The van der Waals surface area contributed by atoms with Crippen molar-refractivity contribution < 1.29 is 13.2 Å². The first kappa shape index (κ1) is 17.0. The van der Waals surface area contributed by atoms with Crippen LogP contribution in [0.15, 0.2) is 35.7 Å². The summed E-state index contributed by atoms with van der Waals surface area (Å²) in [5.41, 5.74) is 2.18. The Hall–Kier alpha value is -1.86. The molecule has 0 saturated heterocycles. The molecule has 0 unspecified atom stereocenters. The van der Waals surface area contributed by atoms with Gasteiger partial charge in [0.1, 0.15) is 0 Å². The number of nitrogens with zero attached hydrogens (tertiary/aromatic N) is 2. The van der Waals surface area contributed by atoms with Crippen molar-refractivity contribution in [2.24, 2.45) is 0 Å². The molecule has 1 aromatic carbocycles. The zero-order chi connectivity index (χ0) is 17.5. The van der Waals surface area contributed by atoms with Crippen LogP contribution in [0.1, 0.15) is 27.7 Å². The summed E-state index contributed by atoms with van der Waals surface area (Å²) in [5, 5.41) is 1.99. The smallest absolute Gasteiger partial charge is 0.253 e. The first-order valence-corrected chi connectivity index (χ1v) is 10.4. The molecule has 5 nitrogen and oxygen atoms in total. The number of anilines is 1. The van der Waals surface area contributed by atoms with Crippen molar-refractivity contribution in [3.63, 3.8) is 0 Å². The molecule has 0 saturated carbocycles. The van der Waals surface area contributed by atoms with Crippen molar-refractivity contribution in [3.05, 3.63) is 51.7 Å². The number of thiophene rings is 1. The van der Waals surface area contributed by atoms with Crippen molar-refractivity contribution in [3.8, 4) is 0 Å². The molecular weight excluding hydrogens is 344 g/mol. The van der Waals surface area contributed by atoms with Crippen molar-refractivity contribution in [1.82, 2.24) is 4.90 Å². The fourth-order valence-electron chi connectivity index (χ4n) is 3.17. The number of carbonyl (C=O) groups is 1. The molecule has 7 heteroatoms. The van der Waals surface area contributed by atoms with Gasteiger partial charge in [0.2, 0.25) is 10.0 Å². The van der Waals surface area contributed by atoms with Crippen LogP contribution in [0.4, 0.5) is 5.69 Å². The summed E-state index contributed by atoms with van der Waals surface area (Å²) in [6, 6.07) is 9.13. The third-order valence-corrected chi connectivity index (χ3v) is 6.29. The molecule has 0 radical (unpaired) electrons. The zero-order valence-electron chi connectivity index (χ0n) is 13.9. The van der Waals surface area contributed by atoms with Crippen LogP contribution in [0, 0.1) is 0 Å². The summed E-state index contributed by atoms with van der Waals surface area (Å²) in [7, 11) is -1.53. The average Bonchev–Trinajstić information content (AvgIpc) is 3.10. The monoisotopic (exact) mass is 364 g/mol. The van der Waals surface area contributed by atoms with Gasteiger partial charge in [0.05, 0.1) is 18.5 Å². The van der Waals surface area contributed by atoms with E-state index < -0.39 is 10.0 Å². The van der Waals surface area contributed by atoms with E-state index in [0.29, 0.717) is 24.2 Å². The van der Waals surface area contributed by atoms with Gasteiger partial charge in [-0.15, -0.1) is 11.3 Å². The molecule has 1 aliphatic heterocycles. The molecule has 1 atom stereocenters. The molecular formula is C17H20N2O3S2. The highest BCUT2D eigenvalue weighted by molar-refractivity contribution is 7.92. The lowest BCUT2D eigenvalue weighted by Gasteiger charge is -2.22. The first-order valence-electron chi connectivity index (χ1n) is 7.67. The van der Waals surface area contributed by atoms with Crippen LogP contribution in [-0.4, -0.2) is 38.6 Å². The van der Waals surface area contributed by atoms with Crippen LogP contribution < -0.4 is 4.31 Å². The highest BCUT2D eigenvalue weighted by atomic mass is 32.2. The summed E-state index contributed by atoms with van der Waals surface area (Å²) < 4.78 is 25.4. The Morgan fingerprint density at radius 3 is 2.75 bits per heavy atom. The van der Waals surface area contributed by atoms with E-state index in [4.69, 9.17) is 0 Å². The minimum absolute atomic E-state index is 0.0586. The van der Waals surface area contributed by atoms with Gasteiger partial charge in [-0.3, -0.25) is 9.10 Å². The van der Waals surface area contributed by atoms with Crippen molar-refractivity contribution >= 4 is 33.0 Å². The molecule has 1 aromatic heterocycles. The second-order valence-electron chi connectivity index (χ2n) is 6.20. The summed E-state index contributed by atoms with van der Waals surface area (Å²) >= 11 is 1.62. The predicted molar refractivity (Wildman–Crippen MR) is 97.0 cm³/mol. The maximum atomic E-state index is 12.6. The SMILES string of the molecule is C[C@H]1Cc2cc(C(=O)N(C)Cc3cccs3)ccc2N1S(C)(=O)=O. The van der Waals surface area contributed by atoms with Gasteiger partial charge < -0.3 is 4.90 Å². The van der Waals surface area contributed by atoms with E-state index in [9.17, 15) is 13.2 Å². The standard InChI is InChI=1S/C17H20N2O3S2/c1-12-9-14-10-13(6-7-16(14)19(12)24(3,21)22)17(20)18(2)11-15-5-4-8-23-15/h4-8,10,12H,9,11H2,1-3H3/t12-/m0/s1. The topological polar surface area (TPSA) is 57.7 Å². The number of amides is 1. The minimum atomic E-state index is -3.31. The summed E-state index contributed by atoms with van der Waals surface area (Å²) in [6.07, 6.45) is 1.84. The Labute approximate surface area is 146 Å². The molecule has 2 aromatic rings. The average molecular weight is 364 g/mol. The molecule has 0 aliphatic carbocycles. The number of hydrogen-bond acceptors (Lipinski definition) is 4. The second-order valence-corrected chi connectivity index (χ2v) is 9.09. The quantitative estimate of drug-likeness (QED) is 0.838. The number of fused-ring (bicyclic) bond motifs is 1. The Morgan fingerprint density at radius 2 is 2.12 bits per heavy atom. The summed E-state index contributed by atoms with van der Waals surface area (Å²) in [6.45, 7) is 2.45. The Bertz CT molecular complexity index is 860. The molecule has 24 heavy (non-hydrogen) atoms. The third-order valence-electron chi connectivity index (χ3n) is 4.16. The number of rotatable bonds is 4. The molecule has 0 spiro atoms. The number of hydrogen-bond donors (Lipinski definition) is 0. The molecule has 1 amide bonds. The maximum absolute atomic E-state index is 12.6. The van der Waals surface area contributed by atoms with Crippen LogP contribution in [0.25, 0.3) is 0 Å². The van der Waals surface area contributed by atoms with Gasteiger partial charge in [-0.25, -0.2) is 8.42 Å². The molecule has 3 rings (SSSR count). The molecule has 128 valence electrons. The molecule has 1 aliphatic rings. The highest BCUT2D eigenvalue weighted by Crippen LogP contribution is 2.34. The van der Waals surface area contributed by atoms with Crippen molar-refractivity contribution in [1.29, 1.82) is 0 Å². The summed E-state index contributed by atoms with van der Waals surface area (Å²) in [5.74, 6) is -0.0586. The van der Waals surface area contributed by atoms with Gasteiger partial charge in [-0.1, -0.05) is 6.07 Å². The van der Waals surface area contributed by atoms with Crippen LogP contribution in [0.2, 0.25) is 0 Å². The Morgan fingerprint density at radius 1 is 1.38 bits per heavy atom. The van der Waals surface area contributed by atoms with Crippen LogP contribution >= 0.6 is 11.3 Å². The largest absolute Gasteiger partial charge is 0.337 e. The number of benzene rings is 1. The number of carbonyl (C=O) groups excluding carboxylic acids is 1. The van der Waals surface area contributed by atoms with E-state index in [-0.39, 0.29) is 11.9 Å². The first-order chi connectivity index (χ1) is 11.3. The van der Waals surface area contributed by atoms with E-state index in [0.717, 1.165) is 10.4 Å².